The average molecular weight is 303 g/mol. The third-order valence-corrected chi connectivity index (χ3v) is 3.62. The molecule has 4 nitrogen and oxygen atoms in total. The summed E-state index contributed by atoms with van der Waals surface area (Å²) in [5.41, 5.74) is 3.42. The zero-order chi connectivity index (χ0) is 16.1. The van der Waals surface area contributed by atoms with Gasteiger partial charge in [-0.15, -0.1) is 0 Å². The lowest BCUT2D eigenvalue weighted by Gasteiger charge is -2.15. The summed E-state index contributed by atoms with van der Waals surface area (Å²) in [5, 5.41) is 3.35. The lowest BCUT2D eigenvalue weighted by molar-refractivity contribution is 0.112. The molecule has 1 heterocycles. The largest absolute Gasteiger partial charge is 0.362 e. The van der Waals surface area contributed by atoms with E-state index >= 15 is 0 Å². The Morgan fingerprint density at radius 1 is 1.04 bits per heavy atom. The Morgan fingerprint density at radius 2 is 1.87 bits per heavy atom. The van der Waals surface area contributed by atoms with Crippen LogP contribution in [0.3, 0.4) is 0 Å². The van der Waals surface area contributed by atoms with Crippen LogP contribution in [0.15, 0.2) is 67.0 Å². The summed E-state index contributed by atoms with van der Waals surface area (Å²) in [6.45, 7) is 2.08. The van der Waals surface area contributed by atoms with Crippen LogP contribution in [0.2, 0.25) is 0 Å². The minimum atomic E-state index is 0.127. The van der Waals surface area contributed by atoms with Gasteiger partial charge in [-0.2, -0.15) is 0 Å². The van der Waals surface area contributed by atoms with Gasteiger partial charge in [-0.1, -0.05) is 48.5 Å². The molecule has 0 aliphatic heterocycles. The first-order valence-corrected chi connectivity index (χ1v) is 7.45. The van der Waals surface area contributed by atoms with Crippen molar-refractivity contribution >= 4 is 12.1 Å². The van der Waals surface area contributed by atoms with Gasteiger partial charge in [0.15, 0.2) is 0 Å². The van der Waals surface area contributed by atoms with E-state index in [-0.39, 0.29) is 6.04 Å². The number of hydrogen-bond acceptors (Lipinski definition) is 4. The van der Waals surface area contributed by atoms with E-state index in [4.69, 9.17) is 0 Å². The third-order valence-electron chi connectivity index (χ3n) is 3.62. The lowest BCUT2D eigenvalue weighted by Crippen LogP contribution is -2.08. The van der Waals surface area contributed by atoms with Crippen molar-refractivity contribution in [3.8, 4) is 11.3 Å². The molecule has 1 N–H and O–H groups in total. The molecule has 23 heavy (non-hydrogen) atoms. The monoisotopic (exact) mass is 303 g/mol. The molecular weight excluding hydrogens is 286 g/mol. The summed E-state index contributed by atoms with van der Waals surface area (Å²) >= 11 is 0. The highest BCUT2D eigenvalue weighted by Crippen LogP contribution is 2.21. The number of rotatable bonds is 5. The van der Waals surface area contributed by atoms with Gasteiger partial charge in [-0.3, -0.25) is 9.78 Å². The van der Waals surface area contributed by atoms with Crippen LogP contribution >= 0.6 is 0 Å². The lowest BCUT2D eigenvalue weighted by atomic mass is 10.1. The number of aromatic nitrogens is 2. The summed E-state index contributed by atoms with van der Waals surface area (Å²) in [6, 6.07) is 17.6. The fourth-order valence-corrected chi connectivity index (χ4v) is 2.39. The number of nitrogens with zero attached hydrogens (tertiary/aromatic N) is 2. The molecular formula is C19H17N3O. The van der Waals surface area contributed by atoms with E-state index in [1.54, 1.807) is 24.5 Å². The SMILES string of the molecule is CC(Nc1cncc(-c2cccc(C=O)c2)n1)c1ccccc1. The number of aldehydes is 1. The fourth-order valence-electron chi connectivity index (χ4n) is 2.39. The van der Waals surface area contributed by atoms with E-state index in [0.29, 0.717) is 11.4 Å². The van der Waals surface area contributed by atoms with Gasteiger partial charge in [0.1, 0.15) is 12.1 Å². The number of hydrogen-bond donors (Lipinski definition) is 1. The number of carbonyl (C=O) groups is 1. The molecule has 0 fully saturated rings. The molecule has 1 aromatic heterocycles. The topological polar surface area (TPSA) is 54.9 Å². The van der Waals surface area contributed by atoms with Crippen molar-refractivity contribution in [2.45, 2.75) is 13.0 Å². The maximum atomic E-state index is 10.9. The number of benzene rings is 2. The molecule has 0 bridgehead atoms. The summed E-state index contributed by atoms with van der Waals surface area (Å²) < 4.78 is 0. The second-order valence-corrected chi connectivity index (χ2v) is 5.31. The van der Waals surface area contributed by atoms with Crippen molar-refractivity contribution in [1.29, 1.82) is 0 Å². The highest BCUT2D eigenvalue weighted by molar-refractivity contribution is 5.78. The Morgan fingerprint density at radius 3 is 2.65 bits per heavy atom. The number of anilines is 1. The van der Waals surface area contributed by atoms with Crippen molar-refractivity contribution in [3.63, 3.8) is 0 Å². The van der Waals surface area contributed by atoms with E-state index < -0.39 is 0 Å². The van der Waals surface area contributed by atoms with Crippen LogP contribution in [0.5, 0.6) is 0 Å². The molecule has 0 amide bonds. The molecule has 2 aromatic carbocycles. The second kappa shape index (κ2) is 6.83. The predicted octanol–water partition coefficient (Wildman–Crippen LogP) is 4.13. The zero-order valence-corrected chi connectivity index (χ0v) is 12.8. The second-order valence-electron chi connectivity index (χ2n) is 5.31. The smallest absolute Gasteiger partial charge is 0.150 e. The molecule has 0 aliphatic carbocycles. The van der Waals surface area contributed by atoms with Gasteiger partial charge in [-0.25, -0.2) is 4.98 Å². The Kier molecular flexibility index (Phi) is 4.43. The van der Waals surface area contributed by atoms with E-state index in [9.17, 15) is 4.79 Å². The van der Waals surface area contributed by atoms with Crippen molar-refractivity contribution in [1.82, 2.24) is 9.97 Å². The Labute approximate surface area is 135 Å². The summed E-state index contributed by atoms with van der Waals surface area (Å²) in [4.78, 5) is 19.8. The predicted molar refractivity (Wildman–Crippen MR) is 91.3 cm³/mol. The minimum absolute atomic E-state index is 0.127. The molecule has 0 spiro atoms. The normalized spacial score (nSPS) is 11.7. The minimum Gasteiger partial charge on any atom is -0.362 e. The highest BCUT2D eigenvalue weighted by Gasteiger charge is 2.07. The van der Waals surface area contributed by atoms with Crippen LogP contribution in [0, 0.1) is 0 Å². The van der Waals surface area contributed by atoms with Crippen molar-refractivity contribution < 1.29 is 4.79 Å². The Balaban J connectivity index is 1.83. The van der Waals surface area contributed by atoms with Crippen LogP contribution < -0.4 is 5.32 Å². The van der Waals surface area contributed by atoms with Gasteiger partial charge in [0, 0.05) is 17.2 Å². The summed E-state index contributed by atoms with van der Waals surface area (Å²) in [5.74, 6) is 0.704. The quantitative estimate of drug-likeness (QED) is 0.720. The average Bonchev–Trinajstić information content (AvgIpc) is 2.63. The fraction of sp³-hybridized carbons (Fsp3) is 0.105. The zero-order valence-electron chi connectivity index (χ0n) is 12.8. The van der Waals surface area contributed by atoms with Crippen LogP contribution in [-0.2, 0) is 0 Å². The van der Waals surface area contributed by atoms with Crippen LogP contribution in [0.1, 0.15) is 28.9 Å². The molecule has 0 aliphatic rings. The molecule has 114 valence electrons. The van der Waals surface area contributed by atoms with Gasteiger partial charge in [0.05, 0.1) is 18.1 Å². The summed E-state index contributed by atoms with van der Waals surface area (Å²) in [7, 11) is 0. The Bertz CT molecular complexity index is 802. The van der Waals surface area contributed by atoms with Crippen molar-refractivity contribution in [2.75, 3.05) is 5.32 Å². The van der Waals surface area contributed by atoms with E-state index in [2.05, 4.69) is 34.3 Å². The molecule has 3 aromatic rings. The molecule has 1 atom stereocenters. The van der Waals surface area contributed by atoms with Gasteiger partial charge in [0.2, 0.25) is 0 Å². The maximum Gasteiger partial charge on any atom is 0.150 e. The number of nitrogens with one attached hydrogen (secondary N) is 1. The number of carbonyl (C=O) groups excluding carboxylic acids is 1. The molecule has 0 saturated heterocycles. The molecule has 0 radical (unpaired) electrons. The first kappa shape index (κ1) is 14.9. The van der Waals surface area contributed by atoms with E-state index in [1.165, 1.54) is 5.56 Å². The van der Waals surface area contributed by atoms with Crippen molar-refractivity contribution in [3.05, 3.63) is 78.1 Å². The van der Waals surface area contributed by atoms with E-state index in [1.807, 2.05) is 30.3 Å². The van der Waals surface area contributed by atoms with Gasteiger partial charge >= 0.3 is 0 Å². The van der Waals surface area contributed by atoms with E-state index in [0.717, 1.165) is 17.5 Å². The Hall–Kier alpha value is -3.01. The van der Waals surface area contributed by atoms with Gasteiger partial charge in [0.25, 0.3) is 0 Å². The molecule has 0 saturated carbocycles. The molecule has 3 rings (SSSR count). The van der Waals surface area contributed by atoms with Gasteiger partial charge < -0.3 is 5.32 Å². The van der Waals surface area contributed by atoms with Crippen molar-refractivity contribution in [2.24, 2.45) is 0 Å². The van der Waals surface area contributed by atoms with Crippen LogP contribution in [0.4, 0.5) is 5.82 Å². The molecule has 1 unspecified atom stereocenters. The standard InChI is InChI=1S/C19H17N3O/c1-14(16-7-3-2-4-8-16)21-19-12-20-11-18(22-19)17-9-5-6-15(10-17)13-23/h2-14H,1H3,(H,21,22). The first-order chi connectivity index (χ1) is 11.3. The maximum absolute atomic E-state index is 10.9. The van der Waals surface area contributed by atoms with Gasteiger partial charge in [-0.05, 0) is 18.6 Å². The van der Waals surface area contributed by atoms with Crippen LogP contribution in [-0.4, -0.2) is 16.3 Å². The third kappa shape index (κ3) is 3.61. The van der Waals surface area contributed by atoms with Crippen LogP contribution in [0.25, 0.3) is 11.3 Å². The molecule has 4 heteroatoms. The highest BCUT2D eigenvalue weighted by atomic mass is 16.1. The summed E-state index contributed by atoms with van der Waals surface area (Å²) in [6.07, 6.45) is 4.23. The first-order valence-electron chi connectivity index (χ1n) is 7.45.